The Kier molecular flexibility index (Phi) is 7.14. The van der Waals surface area contributed by atoms with Crippen LogP contribution in [0, 0.1) is 0 Å². The van der Waals surface area contributed by atoms with Gasteiger partial charge in [0.2, 0.25) is 17.6 Å². The first-order chi connectivity index (χ1) is 12.3. The number of rotatable bonds is 8. The third-order valence-electron chi connectivity index (χ3n) is 3.12. The highest BCUT2D eigenvalue weighted by Crippen LogP contribution is 2.21. The molecule has 26 heavy (non-hydrogen) atoms. The second-order valence-electron chi connectivity index (χ2n) is 6.62. The van der Waals surface area contributed by atoms with Gasteiger partial charge >= 0.3 is 6.09 Å². The van der Waals surface area contributed by atoms with Crippen LogP contribution in [0.15, 0.2) is 22.0 Å². The van der Waals surface area contributed by atoms with Crippen LogP contribution < -0.4 is 10.6 Å². The fraction of sp³-hybridized carbons (Fsp3) is 0.529. The largest absolute Gasteiger partial charge is 0.444 e. The number of carbonyl (C=O) groups is 2. The Morgan fingerprint density at radius 2 is 2.04 bits per heavy atom. The smallest absolute Gasteiger partial charge is 0.407 e. The van der Waals surface area contributed by atoms with Crippen LogP contribution in [-0.4, -0.2) is 40.8 Å². The predicted octanol–water partition coefficient (Wildman–Crippen LogP) is 2.76. The van der Waals surface area contributed by atoms with E-state index in [9.17, 15) is 9.59 Å². The van der Waals surface area contributed by atoms with Gasteiger partial charge in [0.25, 0.3) is 0 Å². The highest BCUT2D eigenvalue weighted by Gasteiger charge is 2.15. The summed E-state index contributed by atoms with van der Waals surface area (Å²) in [6.45, 7) is 6.04. The second-order valence-corrected chi connectivity index (χ2v) is 7.57. The maximum atomic E-state index is 11.8. The molecule has 0 spiro atoms. The molecule has 142 valence electrons. The fourth-order valence-corrected chi connectivity index (χ4v) is 2.68. The number of thiophene rings is 1. The molecule has 9 heteroatoms. The van der Waals surface area contributed by atoms with Gasteiger partial charge in [-0.25, -0.2) is 4.79 Å². The Hall–Kier alpha value is -2.42. The van der Waals surface area contributed by atoms with E-state index in [1.165, 1.54) is 0 Å². The number of hydrogen-bond acceptors (Lipinski definition) is 7. The molecule has 2 aromatic rings. The van der Waals surface area contributed by atoms with Crippen LogP contribution in [0.2, 0.25) is 0 Å². The van der Waals surface area contributed by atoms with Crippen LogP contribution in [0.3, 0.4) is 0 Å². The lowest BCUT2D eigenvalue weighted by molar-refractivity contribution is -0.121. The maximum Gasteiger partial charge on any atom is 0.407 e. The molecule has 2 heterocycles. The van der Waals surface area contributed by atoms with E-state index in [1.807, 2.05) is 17.5 Å². The van der Waals surface area contributed by atoms with Crippen LogP contribution in [0.25, 0.3) is 10.7 Å². The Morgan fingerprint density at radius 3 is 2.73 bits per heavy atom. The SMILES string of the molecule is CC(C)(C)OC(=O)NCCNC(=O)CCCc1nc(-c2cccs2)no1. The molecular formula is C17H24N4O4S. The summed E-state index contributed by atoms with van der Waals surface area (Å²) in [5.41, 5.74) is -0.536. The Morgan fingerprint density at radius 1 is 1.27 bits per heavy atom. The standard InChI is InChI=1S/C17H24N4O4S/c1-17(2,3)24-16(23)19-10-9-18-13(22)7-4-8-14-20-15(21-25-14)12-6-5-11-26-12/h5-6,11H,4,7-10H2,1-3H3,(H,18,22)(H,19,23). The number of ether oxygens (including phenoxy) is 1. The number of nitrogens with zero attached hydrogens (tertiary/aromatic N) is 2. The monoisotopic (exact) mass is 380 g/mol. The summed E-state index contributed by atoms with van der Waals surface area (Å²) in [5.74, 6) is 1.01. The second kappa shape index (κ2) is 9.33. The first-order valence-corrected chi connectivity index (χ1v) is 9.31. The van der Waals surface area contributed by atoms with Crippen molar-refractivity contribution in [3.8, 4) is 10.7 Å². The summed E-state index contributed by atoms with van der Waals surface area (Å²) in [5, 5.41) is 11.2. The van der Waals surface area contributed by atoms with Crippen molar-refractivity contribution >= 4 is 23.3 Å². The molecular weight excluding hydrogens is 356 g/mol. The van der Waals surface area contributed by atoms with E-state index in [4.69, 9.17) is 9.26 Å². The average Bonchev–Trinajstić information content (AvgIpc) is 3.21. The highest BCUT2D eigenvalue weighted by atomic mass is 32.1. The van der Waals surface area contributed by atoms with Crippen molar-refractivity contribution < 1.29 is 18.8 Å². The van der Waals surface area contributed by atoms with Crippen LogP contribution in [0.4, 0.5) is 4.79 Å². The van der Waals surface area contributed by atoms with Gasteiger partial charge in [-0.3, -0.25) is 4.79 Å². The minimum Gasteiger partial charge on any atom is -0.444 e. The van der Waals surface area contributed by atoms with Crippen LogP contribution in [-0.2, 0) is 16.0 Å². The van der Waals surface area contributed by atoms with Gasteiger partial charge in [0.1, 0.15) is 5.60 Å². The normalized spacial score (nSPS) is 11.2. The number of amides is 2. The predicted molar refractivity (Wildman–Crippen MR) is 97.8 cm³/mol. The van der Waals surface area contributed by atoms with Gasteiger partial charge in [0.15, 0.2) is 0 Å². The molecule has 0 saturated heterocycles. The summed E-state index contributed by atoms with van der Waals surface area (Å²) in [7, 11) is 0. The Balaban J connectivity index is 1.57. The summed E-state index contributed by atoms with van der Waals surface area (Å²) in [6, 6.07) is 3.86. The van der Waals surface area contributed by atoms with E-state index < -0.39 is 11.7 Å². The lowest BCUT2D eigenvalue weighted by Gasteiger charge is -2.19. The zero-order chi connectivity index (χ0) is 19.0. The van der Waals surface area contributed by atoms with Crippen molar-refractivity contribution in [3.05, 3.63) is 23.4 Å². The van der Waals surface area contributed by atoms with Crippen molar-refractivity contribution in [2.24, 2.45) is 0 Å². The molecule has 8 nitrogen and oxygen atoms in total. The van der Waals surface area contributed by atoms with Gasteiger partial charge in [-0.05, 0) is 38.6 Å². The summed E-state index contributed by atoms with van der Waals surface area (Å²) in [4.78, 5) is 28.5. The summed E-state index contributed by atoms with van der Waals surface area (Å²) in [6.07, 6.45) is 1.01. The summed E-state index contributed by atoms with van der Waals surface area (Å²) < 4.78 is 10.3. The summed E-state index contributed by atoms with van der Waals surface area (Å²) >= 11 is 1.55. The van der Waals surface area contributed by atoms with Gasteiger partial charge in [0.05, 0.1) is 4.88 Å². The molecule has 2 rings (SSSR count). The van der Waals surface area contributed by atoms with E-state index in [2.05, 4.69) is 20.8 Å². The van der Waals surface area contributed by atoms with Gasteiger partial charge < -0.3 is 19.9 Å². The molecule has 0 radical (unpaired) electrons. The average molecular weight is 380 g/mol. The minimum atomic E-state index is -0.536. The molecule has 0 aliphatic heterocycles. The van der Waals surface area contributed by atoms with Crippen molar-refractivity contribution in [1.29, 1.82) is 0 Å². The molecule has 0 aliphatic rings. The van der Waals surface area contributed by atoms with Crippen LogP contribution in [0.5, 0.6) is 0 Å². The molecule has 0 aliphatic carbocycles. The van der Waals surface area contributed by atoms with E-state index >= 15 is 0 Å². The van der Waals surface area contributed by atoms with E-state index in [1.54, 1.807) is 32.1 Å². The number of aryl methyl sites for hydroxylation is 1. The third kappa shape index (κ3) is 7.22. The van der Waals surface area contributed by atoms with Gasteiger partial charge in [-0.15, -0.1) is 11.3 Å². The van der Waals surface area contributed by atoms with E-state index in [-0.39, 0.29) is 5.91 Å². The lowest BCUT2D eigenvalue weighted by Crippen LogP contribution is -2.37. The molecule has 2 amide bonds. The number of hydrogen-bond donors (Lipinski definition) is 2. The van der Waals surface area contributed by atoms with Crippen LogP contribution in [0.1, 0.15) is 39.5 Å². The molecule has 2 N–H and O–H groups in total. The number of nitrogens with one attached hydrogen (secondary N) is 2. The van der Waals surface area contributed by atoms with Crippen molar-refractivity contribution in [3.63, 3.8) is 0 Å². The van der Waals surface area contributed by atoms with Gasteiger partial charge in [0, 0.05) is 25.9 Å². The van der Waals surface area contributed by atoms with Crippen LogP contribution >= 0.6 is 11.3 Å². The Labute approximate surface area is 156 Å². The molecule has 0 saturated carbocycles. The lowest BCUT2D eigenvalue weighted by atomic mass is 10.2. The first kappa shape index (κ1) is 19.9. The molecule has 0 unspecified atom stereocenters. The van der Waals surface area contributed by atoms with Crippen molar-refractivity contribution in [2.75, 3.05) is 13.1 Å². The van der Waals surface area contributed by atoms with Gasteiger partial charge in [-0.2, -0.15) is 4.98 Å². The molecule has 0 bridgehead atoms. The van der Waals surface area contributed by atoms with Crippen molar-refractivity contribution in [2.45, 2.75) is 45.6 Å². The maximum absolute atomic E-state index is 11.8. The Bertz CT molecular complexity index is 707. The number of aromatic nitrogens is 2. The fourth-order valence-electron chi connectivity index (χ4n) is 2.03. The molecule has 0 fully saturated rings. The third-order valence-corrected chi connectivity index (χ3v) is 3.99. The van der Waals surface area contributed by atoms with E-state index in [0.717, 1.165) is 4.88 Å². The quantitative estimate of drug-likeness (QED) is 0.682. The zero-order valence-corrected chi connectivity index (χ0v) is 16.0. The molecule has 0 atom stereocenters. The van der Waals surface area contributed by atoms with Gasteiger partial charge in [-0.1, -0.05) is 11.2 Å². The van der Waals surface area contributed by atoms with E-state index in [0.29, 0.717) is 44.1 Å². The number of alkyl carbamates (subject to hydrolysis) is 1. The topological polar surface area (TPSA) is 106 Å². The first-order valence-electron chi connectivity index (χ1n) is 8.43. The zero-order valence-electron chi connectivity index (χ0n) is 15.2. The molecule has 0 aromatic carbocycles. The number of carbonyl (C=O) groups excluding carboxylic acids is 2. The highest BCUT2D eigenvalue weighted by molar-refractivity contribution is 7.13. The van der Waals surface area contributed by atoms with Crippen molar-refractivity contribution in [1.82, 2.24) is 20.8 Å². The minimum absolute atomic E-state index is 0.0889. The molecule has 2 aromatic heterocycles.